The van der Waals surface area contributed by atoms with Gasteiger partial charge in [-0.1, -0.05) is 24.3 Å². The van der Waals surface area contributed by atoms with Gasteiger partial charge in [0.25, 0.3) is 0 Å². The van der Waals surface area contributed by atoms with Crippen molar-refractivity contribution in [2.24, 2.45) is 0 Å². The molecule has 0 bridgehead atoms. The van der Waals surface area contributed by atoms with Crippen molar-refractivity contribution in [3.05, 3.63) is 54.1 Å². The molecule has 106 valence electrons. The van der Waals surface area contributed by atoms with Gasteiger partial charge in [0.1, 0.15) is 0 Å². The fourth-order valence-corrected chi connectivity index (χ4v) is 2.32. The number of aliphatic hydroxyl groups is 2. The van der Waals surface area contributed by atoms with Crippen molar-refractivity contribution < 1.29 is 20.1 Å². The first-order valence-electron chi connectivity index (χ1n) is 6.41. The van der Waals surface area contributed by atoms with Gasteiger partial charge in [-0.15, -0.1) is 0 Å². The monoisotopic (exact) mass is 283 g/mol. The van der Waals surface area contributed by atoms with Gasteiger partial charge in [-0.05, 0) is 29.8 Å². The van der Waals surface area contributed by atoms with Gasteiger partial charge in [-0.25, -0.2) is 9.78 Å². The van der Waals surface area contributed by atoms with Crippen molar-refractivity contribution >= 4 is 27.8 Å². The van der Waals surface area contributed by atoms with E-state index in [-0.39, 0.29) is 5.56 Å². The Kier molecular flexibility index (Phi) is 3.08. The molecular weight excluding hydrogens is 270 g/mol. The zero-order valence-electron chi connectivity index (χ0n) is 11.0. The number of hydrogen-bond donors (Lipinski definition) is 3. The van der Waals surface area contributed by atoms with Gasteiger partial charge < -0.3 is 15.3 Å². The first-order chi connectivity index (χ1) is 10.0. The molecule has 5 nitrogen and oxygen atoms in total. The minimum Gasteiger partial charge on any atom is -0.479 e. The second kappa shape index (κ2) is 4.80. The molecule has 1 aromatic heterocycles. The summed E-state index contributed by atoms with van der Waals surface area (Å²) in [6.07, 6.45) is 0. The molecule has 1 atom stereocenters. The highest BCUT2D eigenvalue weighted by atomic mass is 16.4. The maximum atomic E-state index is 11.2. The Morgan fingerprint density at radius 1 is 1.05 bits per heavy atom. The number of carboxylic acids is 1. The van der Waals surface area contributed by atoms with Crippen LogP contribution >= 0.6 is 0 Å². The first kappa shape index (κ1) is 13.5. The zero-order valence-corrected chi connectivity index (χ0v) is 11.0. The molecule has 0 fully saturated rings. The summed E-state index contributed by atoms with van der Waals surface area (Å²) < 4.78 is 0. The lowest BCUT2D eigenvalue weighted by molar-refractivity contribution is -0.164. The van der Waals surface area contributed by atoms with Crippen LogP contribution in [0.1, 0.15) is 5.56 Å². The third kappa shape index (κ3) is 2.12. The summed E-state index contributed by atoms with van der Waals surface area (Å²) in [6.45, 7) is -0.894. The molecule has 0 radical (unpaired) electrons. The topological polar surface area (TPSA) is 90.7 Å². The van der Waals surface area contributed by atoms with Crippen LogP contribution in [0.3, 0.4) is 0 Å². The number of para-hydroxylation sites is 1. The van der Waals surface area contributed by atoms with Crippen LogP contribution in [-0.4, -0.2) is 32.9 Å². The molecular formula is C16H13NO4. The molecule has 0 aliphatic carbocycles. The van der Waals surface area contributed by atoms with Gasteiger partial charge in [0.05, 0.1) is 17.6 Å². The predicted molar refractivity (Wildman–Crippen MR) is 77.9 cm³/mol. The number of fused-ring (bicyclic) bond motifs is 2. The molecule has 3 aromatic rings. The number of aliphatic carboxylic acids is 1. The van der Waals surface area contributed by atoms with Crippen LogP contribution in [0.4, 0.5) is 0 Å². The van der Waals surface area contributed by atoms with Crippen molar-refractivity contribution in [3.63, 3.8) is 0 Å². The number of hydrogen-bond acceptors (Lipinski definition) is 4. The standard InChI is InChI=1S/C16H13NO4/c18-9-16(21,15(19)20)12-5-6-14-11(8-12)7-10-3-1-2-4-13(10)17-14/h1-8,18,21H,9H2,(H,19,20). The summed E-state index contributed by atoms with van der Waals surface area (Å²) in [4.78, 5) is 15.7. The number of pyridine rings is 1. The molecule has 0 saturated carbocycles. The quantitative estimate of drug-likeness (QED) is 0.636. The lowest BCUT2D eigenvalue weighted by Crippen LogP contribution is -2.39. The average Bonchev–Trinajstić information content (AvgIpc) is 2.51. The fraction of sp³-hybridized carbons (Fsp3) is 0.125. The number of carbonyl (C=O) groups is 1. The number of nitrogens with zero attached hydrogens (tertiary/aromatic N) is 1. The van der Waals surface area contributed by atoms with Crippen LogP contribution in [0.5, 0.6) is 0 Å². The second-order valence-corrected chi connectivity index (χ2v) is 4.91. The zero-order chi connectivity index (χ0) is 15.0. The Balaban J connectivity index is 2.24. The van der Waals surface area contributed by atoms with Gasteiger partial charge in [0.2, 0.25) is 5.60 Å². The number of aromatic nitrogens is 1. The Labute approximate surface area is 120 Å². The van der Waals surface area contributed by atoms with Crippen molar-refractivity contribution in [1.82, 2.24) is 4.98 Å². The molecule has 0 amide bonds. The molecule has 3 N–H and O–H groups in total. The highest BCUT2D eigenvalue weighted by molar-refractivity contribution is 5.93. The van der Waals surface area contributed by atoms with Gasteiger partial charge in [-0.3, -0.25) is 0 Å². The molecule has 21 heavy (non-hydrogen) atoms. The smallest absolute Gasteiger partial charge is 0.342 e. The van der Waals surface area contributed by atoms with Crippen LogP contribution in [0.15, 0.2) is 48.5 Å². The fourth-order valence-electron chi connectivity index (χ4n) is 2.32. The number of aliphatic hydroxyl groups excluding tert-OH is 1. The van der Waals surface area contributed by atoms with Gasteiger partial charge >= 0.3 is 5.97 Å². The maximum absolute atomic E-state index is 11.2. The largest absolute Gasteiger partial charge is 0.479 e. The first-order valence-corrected chi connectivity index (χ1v) is 6.41. The number of rotatable bonds is 3. The molecule has 5 heteroatoms. The van der Waals surface area contributed by atoms with Crippen molar-refractivity contribution in [2.45, 2.75) is 5.60 Å². The maximum Gasteiger partial charge on any atom is 0.342 e. The lowest BCUT2D eigenvalue weighted by atomic mass is 9.93. The summed E-state index contributed by atoms with van der Waals surface area (Å²) >= 11 is 0. The van der Waals surface area contributed by atoms with E-state index in [4.69, 9.17) is 5.11 Å². The minimum atomic E-state index is -2.31. The number of benzene rings is 2. The molecule has 1 heterocycles. The van der Waals surface area contributed by atoms with Gasteiger partial charge in [0.15, 0.2) is 0 Å². The molecule has 0 spiro atoms. The van der Waals surface area contributed by atoms with E-state index in [2.05, 4.69) is 4.98 Å². The Morgan fingerprint density at radius 2 is 1.76 bits per heavy atom. The molecule has 2 aromatic carbocycles. The lowest BCUT2D eigenvalue weighted by Gasteiger charge is -2.21. The van der Waals surface area contributed by atoms with E-state index < -0.39 is 18.2 Å². The summed E-state index contributed by atoms with van der Waals surface area (Å²) in [5, 5.41) is 30.0. The Bertz CT molecular complexity index is 846. The van der Waals surface area contributed by atoms with Crippen LogP contribution in [0.2, 0.25) is 0 Å². The van der Waals surface area contributed by atoms with Crippen LogP contribution in [0.25, 0.3) is 21.8 Å². The molecule has 0 aliphatic rings. The van der Waals surface area contributed by atoms with E-state index >= 15 is 0 Å². The average molecular weight is 283 g/mol. The van der Waals surface area contributed by atoms with E-state index in [1.54, 1.807) is 12.1 Å². The summed E-state index contributed by atoms with van der Waals surface area (Å²) in [6, 6.07) is 14.1. The Hall–Kier alpha value is -2.50. The third-order valence-electron chi connectivity index (χ3n) is 3.58. The van der Waals surface area contributed by atoms with E-state index in [9.17, 15) is 15.0 Å². The molecule has 0 saturated heterocycles. The van der Waals surface area contributed by atoms with Crippen molar-refractivity contribution in [2.75, 3.05) is 6.61 Å². The van der Waals surface area contributed by atoms with E-state index in [1.165, 1.54) is 6.07 Å². The minimum absolute atomic E-state index is 0.127. The highest BCUT2D eigenvalue weighted by Gasteiger charge is 2.37. The van der Waals surface area contributed by atoms with Crippen LogP contribution in [-0.2, 0) is 10.4 Å². The van der Waals surface area contributed by atoms with Crippen LogP contribution in [0, 0.1) is 0 Å². The Morgan fingerprint density at radius 3 is 2.48 bits per heavy atom. The van der Waals surface area contributed by atoms with Crippen molar-refractivity contribution in [1.29, 1.82) is 0 Å². The third-order valence-corrected chi connectivity index (χ3v) is 3.58. The van der Waals surface area contributed by atoms with Gasteiger partial charge in [-0.2, -0.15) is 0 Å². The molecule has 0 aliphatic heterocycles. The summed E-state index contributed by atoms with van der Waals surface area (Å²) in [7, 11) is 0. The predicted octanol–water partition coefficient (Wildman–Crippen LogP) is 1.65. The molecule has 1 unspecified atom stereocenters. The summed E-state index contributed by atoms with van der Waals surface area (Å²) in [5.41, 5.74) is -0.640. The highest BCUT2D eigenvalue weighted by Crippen LogP contribution is 2.26. The van der Waals surface area contributed by atoms with E-state index in [1.807, 2.05) is 30.3 Å². The molecule has 3 rings (SSSR count). The second-order valence-electron chi connectivity index (χ2n) is 4.91. The SMILES string of the molecule is O=C(O)C(O)(CO)c1ccc2nc3ccccc3cc2c1. The van der Waals surface area contributed by atoms with Crippen molar-refractivity contribution in [3.8, 4) is 0 Å². The van der Waals surface area contributed by atoms with Gasteiger partial charge in [0, 0.05) is 10.8 Å². The van der Waals surface area contributed by atoms with Crippen LogP contribution < -0.4 is 0 Å². The van der Waals surface area contributed by atoms with E-state index in [0.29, 0.717) is 10.9 Å². The normalized spacial score (nSPS) is 14.2. The summed E-state index contributed by atoms with van der Waals surface area (Å²) in [5.74, 6) is -1.49. The number of carboxylic acid groups (broad SMARTS) is 1. The van der Waals surface area contributed by atoms with E-state index in [0.717, 1.165) is 10.9 Å².